The Balaban J connectivity index is 2.41. The Kier molecular flexibility index (Phi) is 4.44. The van der Waals surface area contributed by atoms with Crippen molar-refractivity contribution in [1.29, 1.82) is 0 Å². The topological polar surface area (TPSA) is 0 Å². The smallest absolute Gasteiger partial charge is 0.0655 e. The Bertz CT molecular complexity index is 483. The molecule has 0 fully saturated rings. The highest BCUT2D eigenvalue weighted by Gasteiger charge is 2.13. The lowest BCUT2D eigenvalue weighted by atomic mass is 10.1. The number of halogens is 3. The lowest BCUT2D eigenvalue weighted by Gasteiger charge is -2.13. The highest BCUT2D eigenvalue weighted by Crippen LogP contribution is 2.35. The van der Waals surface area contributed by atoms with Gasteiger partial charge < -0.3 is 0 Å². The molecule has 82 valence electrons. The Morgan fingerprint density at radius 3 is 2.38 bits per heavy atom. The zero-order chi connectivity index (χ0) is 11.5. The zero-order valence-electron chi connectivity index (χ0n) is 8.33. The van der Waals surface area contributed by atoms with Crippen LogP contribution in [-0.4, -0.2) is 0 Å². The van der Waals surface area contributed by atoms with Gasteiger partial charge in [-0.2, -0.15) is 0 Å². The summed E-state index contributed by atoms with van der Waals surface area (Å²) >= 11 is 9.67. The van der Waals surface area contributed by atoms with E-state index in [1.807, 2.05) is 6.07 Å². The van der Waals surface area contributed by atoms with E-state index in [9.17, 15) is 0 Å². The molecule has 1 atom stereocenters. The van der Waals surface area contributed by atoms with Crippen LogP contribution in [0.2, 0.25) is 0 Å². The fourth-order valence-corrected chi connectivity index (χ4v) is 3.49. The van der Waals surface area contributed by atoms with Gasteiger partial charge in [0.05, 0.1) is 4.83 Å². The molecule has 0 aromatic heterocycles. The molecule has 0 aliphatic carbocycles. The molecule has 0 heterocycles. The normalized spacial score (nSPS) is 12.4. The van der Waals surface area contributed by atoms with Crippen molar-refractivity contribution >= 4 is 54.5 Å². The number of hydrogen-bond acceptors (Lipinski definition) is 0. The Morgan fingerprint density at radius 1 is 1.00 bits per heavy atom. The minimum atomic E-state index is 0.234. The Hall–Kier alpha value is 0.130. The number of hydrogen-bond donors (Lipinski definition) is 0. The maximum Gasteiger partial charge on any atom is 0.0655 e. The van der Waals surface area contributed by atoms with Crippen LogP contribution in [-0.2, 0) is 0 Å². The molecule has 2 rings (SSSR count). The lowest BCUT2D eigenvalue weighted by Crippen LogP contribution is -1.94. The first-order chi connectivity index (χ1) is 7.68. The molecule has 0 aliphatic rings. The fraction of sp³-hybridized carbons (Fsp3) is 0.0769. The number of alkyl halides is 1. The van der Waals surface area contributed by atoms with Crippen molar-refractivity contribution in [2.45, 2.75) is 4.83 Å². The molecule has 0 N–H and O–H groups in total. The van der Waals surface area contributed by atoms with Gasteiger partial charge in [-0.1, -0.05) is 62.2 Å². The lowest BCUT2D eigenvalue weighted by molar-refractivity contribution is 1.16. The van der Waals surface area contributed by atoms with Gasteiger partial charge in [0.1, 0.15) is 0 Å². The molecule has 0 bridgehead atoms. The van der Waals surface area contributed by atoms with E-state index < -0.39 is 0 Å². The molecule has 0 amide bonds. The molecule has 0 aliphatic heterocycles. The van der Waals surface area contributed by atoms with Crippen LogP contribution in [0.1, 0.15) is 16.0 Å². The van der Waals surface area contributed by atoms with E-state index in [2.05, 4.69) is 96.9 Å². The van der Waals surface area contributed by atoms with E-state index in [0.29, 0.717) is 0 Å². The highest BCUT2D eigenvalue weighted by atomic mass is 127. The van der Waals surface area contributed by atoms with Crippen LogP contribution in [0, 0.1) is 3.57 Å². The van der Waals surface area contributed by atoms with Crippen LogP contribution in [0.4, 0.5) is 0 Å². The van der Waals surface area contributed by atoms with Crippen molar-refractivity contribution in [3.8, 4) is 0 Å². The standard InChI is InChI=1S/C13H9Br2I/c14-12-7-6-10(16)8-11(12)13(15)9-4-2-1-3-5-9/h1-8,13H. The van der Waals surface area contributed by atoms with Gasteiger partial charge in [-0.15, -0.1) is 0 Å². The van der Waals surface area contributed by atoms with E-state index in [4.69, 9.17) is 0 Å². The van der Waals surface area contributed by atoms with Crippen molar-refractivity contribution in [3.63, 3.8) is 0 Å². The largest absolute Gasteiger partial charge is 0.0786 e. The zero-order valence-corrected chi connectivity index (χ0v) is 13.7. The molecule has 0 spiro atoms. The van der Waals surface area contributed by atoms with Gasteiger partial charge in [0.25, 0.3) is 0 Å². The first-order valence-corrected chi connectivity index (χ1v) is 7.61. The third-order valence-electron chi connectivity index (χ3n) is 2.32. The van der Waals surface area contributed by atoms with E-state index >= 15 is 0 Å². The maximum absolute atomic E-state index is 3.75. The second-order valence-electron chi connectivity index (χ2n) is 3.44. The molecule has 0 radical (unpaired) electrons. The average molecular weight is 452 g/mol. The number of rotatable bonds is 2. The monoisotopic (exact) mass is 450 g/mol. The summed E-state index contributed by atoms with van der Waals surface area (Å²) in [6.07, 6.45) is 0. The van der Waals surface area contributed by atoms with E-state index in [1.54, 1.807) is 0 Å². The summed E-state index contributed by atoms with van der Waals surface area (Å²) in [6, 6.07) is 16.8. The molecular formula is C13H9Br2I. The molecule has 1 unspecified atom stereocenters. The van der Waals surface area contributed by atoms with Crippen molar-refractivity contribution < 1.29 is 0 Å². The summed E-state index contributed by atoms with van der Waals surface area (Å²) in [6.45, 7) is 0. The third kappa shape index (κ3) is 2.87. The van der Waals surface area contributed by atoms with Crippen molar-refractivity contribution in [3.05, 3.63) is 67.7 Å². The second kappa shape index (κ2) is 5.65. The quantitative estimate of drug-likeness (QED) is 0.415. The summed E-state index contributed by atoms with van der Waals surface area (Å²) in [5.74, 6) is 0. The van der Waals surface area contributed by atoms with Gasteiger partial charge in [0.15, 0.2) is 0 Å². The first kappa shape index (κ1) is 12.6. The van der Waals surface area contributed by atoms with Crippen LogP contribution in [0.25, 0.3) is 0 Å². The molecule has 16 heavy (non-hydrogen) atoms. The summed E-state index contributed by atoms with van der Waals surface area (Å²) in [7, 11) is 0. The molecule has 3 heteroatoms. The summed E-state index contributed by atoms with van der Waals surface area (Å²) in [5, 5.41) is 0. The van der Waals surface area contributed by atoms with Crippen LogP contribution >= 0.6 is 54.5 Å². The van der Waals surface area contributed by atoms with Crippen molar-refractivity contribution in [1.82, 2.24) is 0 Å². The second-order valence-corrected chi connectivity index (χ2v) is 6.45. The minimum Gasteiger partial charge on any atom is -0.0786 e. The van der Waals surface area contributed by atoms with Gasteiger partial charge in [-0.25, -0.2) is 0 Å². The SMILES string of the molecule is Brc1ccc(I)cc1C(Br)c1ccccc1. The number of benzene rings is 2. The molecule has 0 nitrogen and oxygen atoms in total. The highest BCUT2D eigenvalue weighted by molar-refractivity contribution is 14.1. The first-order valence-electron chi connectivity index (χ1n) is 4.82. The van der Waals surface area contributed by atoms with Crippen LogP contribution in [0.15, 0.2) is 53.0 Å². The predicted molar refractivity (Wildman–Crippen MR) is 84.1 cm³/mol. The average Bonchev–Trinajstić information content (AvgIpc) is 2.32. The third-order valence-corrected chi connectivity index (χ3v) is 4.74. The maximum atomic E-state index is 3.75. The van der Waals surface area contributed by atoms with E-state index in [1.165, 1.54) is 14.7 Å². The van der Waals surface area contributed by atoms with Gasteiger partial charge >= 0.3 is 0 Å². The summed E-state index contributed by atoms with van der Waals surface area (Å²) in [5.41, 5.74) is 2.53. The van der Waals surface area contributed by atoms with Crippen molar-refractivity contribution in [2.75, 3.05) is 0 Å². The summed E-state index contributed by atoms with van der Waals surface area (Å²) in [4.78, 5) is 0.234. The van der Waals surface area contributed by atoms with Gasteiger partial charge in [0, 0.05) is 8.04 Å². The molecule has 2 aromatic carbocycles. The molecule has 2 aromatic rings. The summed E-state index contributed by atoms with van der Waals surface area (Å²) < 4.78 is 2.38. The predicted octanol–water partition coefficient (Wildman–Crippen LogP) is 5.54. The van der Waals surface area contributed by atoms with Gasteiger partial charge in [-0.05, 0) is 51.9 Å². The van der Waals surface area contributed by atoms with Gasteiger partial charge in [-0.3, -0.25) is 0 Å². The van der Waals surface area contributed by atoms with Crippen LogP contribution in [0.3, 0.4) is 0 Å². The molecular weight excluding hydrogens is 443 g/mol. The Labute approximate surface area is 126 Å². The molecule has 0 saturated heterocycles. The van der Waals surface area contributed by atoms with E-state index in [-0.39, 0.29) is 4.83 Å². The van der Waals surface area contributed by atoms with Gasteiger partial charge in [0.2, 0.25) is 0 Å². The fourth-order valence-electron chi connectivity index (χ4n) is 1.51. The molecule has 0 saturated carbocycles. The minimum absolute atomic E-state index is 0.234. The Morgan fingerprint density at radius 2 is 1.69 bits per heavy atom. The van der Waals surface area contributed by atoms with Crippen LogP contribution < -0.4 is 0 Å². The van der Waals surface area contributed by atoms with Crippen LogP contribution in [0.5, 0.6) is 0 Å². The van der Waals surface area contributed by atoms with E-state index in [0.717, 1.165) is 4.47 Å². The van der Waals surface area contributed by atoms with Crippen molar-refractivity contribution in [2.24, 2.45) is 0 Å².